The summed E-state index contributed by atoms with van der Waals surface area (Å²) in [4.78, 5) is 11.6. The highest BCUT2D eigenvalue weighted by molar-refractivity contribution is 6.36. The summed E-state index contributed by atoms with van der Waals surface area (Å²) >= 11 is 12.0. The van der Waals surface area contributed by atoms with Crippen LogP contribution in [0.5, 0.6) is 0 Å². The van der Waals surface area contributed by atoms with Crippen LogP contribution in [-0.2, 0) is 14.9 Å². The molecule has 0 N–H and O–H groups in total. The van der Waals surface area contributed by atoms with Gasteiger partial charge in [0.2, 0.25) is 0 Å². The molecule has 0 amide bonds. The Morgan fingerprint density at radius 3 is 2.13 bits per heavy atom. The molecular weight excluding hydrogens is 235 g/mol. The van der Waals surface area contributed by atoms with Crippen molar-refractivity contribution in [2.75, 3.05) is 7.11 Å². The minimum absolute atomic E-state index is 0.363. The molecule has 0 aliphatic rings. The summed E-state index contributed by atoms with van der Waals surface area (Å²) in [6, 6.07) is 5.14. The Hall–Kier alpha value is -0.730. The Morgan fingerprint density at radius 2 is 1.73 bits per heavy atom. The molecule has 1 aromatic carbocycles. The first kappa shape index (κ1) is 12.3. The molecule has 0 aromatic heterocycles. The van der Waals surface area contributed by atoms with E-state index in [4.69, 9.17) is 27.9 Å². The third-order valence-electron chi connectivity index (χ3n) is 2.28. The van der Waals surface area contributed by atoms with Crippen LogP contribution in [0.15, 0.2) is 18.2 Å². The lowest BCUT2D eigenvalue weighted by atomic mass is 9.84. The van der Waals surface area contributed by atoms with Gasteiger partial charge >= 0.3 is 5.97 Å². The van der Waals surface area contributed by atoms with Crippen LogP contribution in [0.3, 0.4) is 0 Å². The van der Waals surface area contributed by atoms with Crippen LogP contribution in [0.4, 0.5) is 0 Å². The summed E-state index contributed by atoms with van der Waals surface area (Å²) in [6.07, 6.45) is 0. The molecule has 0 unspecified atom stereocenters. The summed E-state index contributed by atoms with van der Waals surface area (Å²) < 4.78 is 4.72. The van der Waals surface area contributed by atoms with Gasteiger partial charge in [-0.1, -0.05) is 29.3 Å². The number of hydrogen-bond acceptors (Lipinski definition) is 2. The largest absolute Gasteiger partial charge is 0.468 e. The van der Waals surface area contributed by atoms with E-state index in [-0.39, 0.29) is 5.97 Å². The minimum atomic E-state index is -0.843. The molecule has 0 atom stereocenters. The lowest BCUT2D eigenvalue weighted by molar-refractivity contribution is -0.146. The molecule has 15 heavy (non-hydrogen) atoms. The SMILES string of the molecule is COC(=O)C(C)(C)c1c(Cl)cccc1Cl. The van der Waals surface area contributed by atoms with Gasteiger partial charge < -0.3 is 4.74 Å². The van der Waals surface area contributed by atoms with Crippen LogP contribution >= 0.6 is 23.2 Å². The van der Waals surface area contributed by atoms with Crippen molar-refractivity contribution < 1.29 is 9.53 Å². The van der Waals surface area contributed by atoms with E-state index in [1.54, 1.807) is 32.0 Å². The second kappa shape index (κ2) is 4.42. The monoisotopic (exact) mass is 246 g/mol. The van der Waals surface area contributed by atoms with Gasteiger partial charge in [0.05, 0.1) is 12.5 Å². The van der Waals surface area contributed by atoms with E-state index in [0.29, 0.717) is 15.6 Å². The standard InChI is InChI=1S/C11H12Cl2O2/c1-11(2,10(14)15-3)9-7(12)5-4-6-8(9)13/h4-6H,1-3H3. The summed E-state index contributed by atoms with van der Waals surface area (Å²) in [5.41, 5.74) is -0.246. The summed E-state index contributed by atoms with van der Waals surface area (Å²) in [5.74, 6) is -0.363. The molecule has 0 aliphatic carbocycles. The Balaban J connectivity index is 3.32. The molecule has 0 saturated heterocycles. The highest BCUT2D eigenvalue weighted by Gasteiger charge is 2.34. The van der Waals surface area contributed by atoms with Gasteiger partial charge in [0.15, 0.2) is 0 Å². The summed E-state index contributed by atoms with van der Waals surface area (Å²) in [5, 5.41) is 0.941. The van der Waals surface area contributed by atoms with Gasteiger partial charge in [-0.05, 0) is 26.0 Å². The average molecular weight is 247 g/mol. The van der Waals surface area contributed by atoms with Crippen LogP contribution in [-0.4, -0.2) is 13.1 Å². The van der Waals surface area contributed by atoms with Gasteiger partial charge in [0.1, 0.15) is 0 Å². The van der Waals surface area contributed by atoms with Gasteiger partial charge in [-0.25, -0.2) is 0 Å². The molecule has 0 bridgehead atoms. The molecule has 0 aliphatic heterocycles. The number of esters is 1. The maximum absolute atomic E-state index is 11.6. The van der Waals surface area contributed by atoms with Gasteiger partial charge in [0, 0.05) is 15.6 Å². The van der Waals surface area contributed by atoms with Crippen molar-refractivity contribution in [2.45, 2.75) is 19.3 Å². The second-order valence-corrected chi connectivity index (χ2v) is 4.53. The molecule has 1 rings (SSSR count). The van der Waals surface area contributed by atoms with Crippen LogP contribution in [0.2, 0.25) is 10.0 Å². The highest BCUT2D eigenvalue weighted by atomic mass is 35.5. The fraction of sp³-hybridized carbons (Fsp3) is 0.364. The van der Waals surface area contributed by atoms with E-state index >= 15 is 0 Å². The Kier molecular flexibility index (Phi) is 3.63. The Labute approximate surface area is 99.1 Å². The maximum atomic E-state index is 11.6. The van der Waals surface area contributed by atoms with Crippen molar-refractivity contribution in [3.05, 3.63) is 33.8 Å². The number of halogens is 2. The second-order valence-electron chi connectivity index (χ2n) is 3.71. The molecule has 82 valence electrons. The lowest BCUT2D eigenvalue weighted by Gasteiger charge is -2.24. The zero-order valence-electron chi connectivity index (χ0n) is 8.80. The van der Waals surface area contributed by atoms with Crippen LogP contribution in [0, 0.1) is 0 Å². The molecular formula is C11H12Cl2O2. The van der Waals surface area contributed by atoms with E-state index in [1.165, 1.54) is 7.11 Å². The zero-order valence-corrected chi connectivity index (χ0v) is 10.3. The summed E-state index contributed by atoms with van der Waals surface area (Å²) in [7, 11) is 1.34. The number of methoxy groups -OCH3 is 1. The lowest BCUT2D eigenvalue weighted by Crippen LogP contribution is -2.30. The van der Waals surface area contributed by atoms with E-state index in [2.05, 4.69) is 0 Å². The van der Waals surface area contributed by atoms with Crippen molar-refractivity contribution in [1.82, 2.24) is 0 Å². The molecule has 0 fully saturated rings. The van der Waals surface area contributed by atoms with E-state index in [1.807, 2.05) is 0 Å². The quantitative estimate of drug-likeness (QED) is 0.748. The molecule has 0 radical (unpaired) electrons. The van der Waals surface area contributed by atoms with Gasteiger partial charge in [-0.2, -0.15) is 0 Å². The van der Waals surface area contributed by atoms with Gasteiger partial charge in [0.25, 0.3) is 0 Å². The van der Waals surface area contributed by atoms with Crippen LogP contribution < -0.4 is 0 Å². The molecule has 0 saturated carbocycles. The smallest absolute Gasteiger partial charge is 0.315 e. The highest BCUT2D eigenvalue weighted by Crippen LogP contribution is 2.36. The minimum Gasteiger partial charge on any atom is -0.468 e. The van der Waals surface area contributed by atoms with Crippen molar-refractivity contribution in [2.24, 2.45) is 0 Å². The normalized spacial score (nSPS) is 11.3. The van der Waals surface area contributed by atoms with Crippen LogP contribution in [0.25, 0.3) is 0 Å². The number of benzene rings is 1. The van der Waals surface area contributed by atoms with Gasteiger partial charge in [-0.15, -0.1) is 0 Å². The first-order chi connectivity index (χ1) is 6.91. The van der Waals surface area contributed by atoms with E-state index in [0.717, 1.165) is 0 Å². The van der Waals surface area contributed by atoms with E-state index < -0.39 is 5.41 Å². The molecule has 0 heterocycles. The number of carbonyl (C=O) groups is 1. The topological polar surface area (TPSA) is 26.3 Å². The van der Waals surface area contributed by atoms with Crippen molar-refractivity contribution in [3.63, 3.8) is 0 Å². The Morgan fingerprint density at radius 1 is 1.27 bits per heavy atom. The van der Waals surface area contributed by atoms with Crippen molar-refractivity contribution >= 4 is 29.2 Å². The fourth-order valence-electron chi connectivity index (χ4n) is 1.45. The Bertz CT molecular complexity index is 366. The van der Waals surface area contributed by atoms with Gasteiger partial charge in [-0.3, -0.25) is 4.79 Å². The number of hydrogen-bond donors (Lipinski definition) is 0. The predicted molar refractivity (Wildman–Crippen MR) is 61.5 cm³/mol. The maximum Gasteiger partial charge on any atom is 0.315 e. The first-order valence-electron chi connectivity index (χ1n) is 4.44. The van der Waals surface area contributed by atoms with Crippen molar-refractivity contribution in [3.8, 4) is 0 Å². The average Bonchev–Trinajstić information content (AvgIpc) is 2.15. The first-order valence-corrected chi connectivity index (χ1v) is 5.19. The zero-order chi connectivity index (χ0) is 11.6. The molecule has 2 nitrogen and oxygen atoms in total. The molecule has 1 aromatic rings. The number of carbonyl (C=O) groups excluding carboxylic acids is 1. The fourth-order valence-corrected chi connectivity index (χ4v) is 2.32. The number of rotatable bonds is 2. The van der Waals surface area contributed by atoms with Crippen molar-refractivity contribution in [1.29, 1.82) is 0 Å². The molecule has 4 heteroatoms. The molecule has 0 spiro atoms. The number of ether oxygens (including phenoxy) is 1. The third-order valence-corrected chi connectivity index (χ3v) is 2.91. The summed E-state index contributed by atoms with van der Waals surface area (Å²) in [6.45, 7) is 3.46. The predicted octanol–water partition coefficient (Wildman–Crippen LogP) is 3.44. The third kappa shape index (κ3) is 2.27. The van der Waals surface area contributed by atoms with Crippen LogP contribution in [0.1, 0.15) is 19.4 Å². The van der Waals surface area contributed by atoms with E-state index in [9.17, 15) is 4.79 Å².